The number of benzene rings is 2. The first kappa shape index (κ1) is 19.1. The third-order valence-corrected chi connectivity index (χ3v) is 7.57. The average Bonchev–Trinajstić information content (AvgIpc) is 3.03. The Bertz CT molecular complexity index is 1140. The van der Waals surface area contributed by atoms with E-state index in [0.717, 1.165) is 15.6 Å². The molecular weight excluding hydrogens is 394 g/mol. The Morgan fingerprint density at radius 1 is 1.00 bits per heavy atom. The van der Waals surface area contributed by atoms with Gasteiger partial charge in [-0.25, -0.2) is 12.4 Å². The summed E-state index contributed by atoms with van der Waals surface area (Å²) < 4.78 is 29.4. The molecule has 4 rings (SSSR count). The van der Waals surface area contributed by atoms with Crippen molar-refractivity contribution in [3.63, 3.8) is 0 Å². The number of rotatable bonds is 5. The van der Waals surface area contributed by atoms with Gasteiger partial charge in [0.25, 0.3) is 5.56 Å². The molecule has 2 heterocycles. The van der Waals surface area contributed by atoms with Crippen LogP contribution in [0, 0.1) is 0 Å². The molecule has 1 fully saturated rings. The number of hydrogen-bond acceptors (Lipinski definition) is 4. The Morgan fingerprint density at radius 3 is 2.39 bits per heavy atom. The SMILES string of the molecule is O=c1c2ccccc2sn1C[NH+]1CCN(S(=O)(=O)/C=C/c2ccccc2)CC1. The highest BCUT2D eigenvalue weighted by atomic mass is 32.2. The lowest BCUT2D eigenvalue weighted by Gasteiger charge is -2.30. The van der Waals surface area contributed by atoms with E-state index >= 15 is 0 Å². The molecule has 146 valence electrons. The first-order valence-electron chi connectivity index (χ1n) is 9.19. The first-order chi connectivity index (χ1) is 13.5. The second kappa shape index (κ2) is 8.00. The number of hydrogen-bond donors (Lipinski definition) is 1. The van der Waals surface area contributed by atoms with Gasteiger partial charge in [0.2, 0.25) is 10.0 Å². The van der Waals surface area contributed by atoms with Gasteiger partial charge in [0.05, 0.1) is 36.3 Å². The van der Waals surface area contributed by atoms with Gasteiger partial charge in [-0.15, -0.1) is 0 Å². The standard InChI is InChI=1S/C20H21N3O3S2/c24-20-18-8-4-5-9-19(18)27-23(20)16-21-11-13-22(14-12-21)28(25,26)15-10-17-6-2-1-3-7-17/h1-10,15H,11-14,16H2/p+1/b15-10+. The summed E-state index contributed by atoms with van der Waals surface area (Å²) in [7, 11) is -3.43. The maximum Gasteiger partial charge on any atom is 0.273 e. The highest BCUT2D eigenvalue weighted by molar-refractivity contribution is 7.92. The molecule has 1 aliphatic heterocycles. The van der Waals surface area contributed by atoms with Crippen LogP contribution in [0.25, 0.3) is 16.2 Å². The van der Waals surface area contributed by atoms with Crippen molar-refractivity contribution in [2.24, 2.45) is 0 Å². The second-order valence-corrected chi connectivity index (χ2v) is 9.72. The molecule has 28 heavy (non-hydrogen) atoms. The van der Waals surface area contributed by atoms with E-state index in [-0.39, 0.29) is 5.56 Å². The van der Waals surface area contributed by atoms with E-state index in [1.807, 2.05) is 54.6 Å². The van der Waals surface area contributed by atoms with Crippen LogP contribution in [0.15, 0.2) is 64.8 Å². The average molecular weight is 417 g/mol. The molecule has 2 aromatic carbocycles. The van der Waals surface area contributed by atoms with E-state index in [0.29, 0.717) is 32.8 Å². The van der Waals surface area contributed by atoms with E-state index in [1.165, 1.54) is 26.1 Å². The normalized spacial score (nSPS) is 16.9. The lowest BCUT2D eigenvalue weighted by molar-refractivity contribution is -0.925. The fraction of sp³-hybridized carbons (Fsp3) is 0.250. The molecule has 1 saturated heterocycles. The van der Waals surface area contributed by atoms with Crippen LogP contribution in [0.2, 0.25) is 0 Å². The molecule has 0 spiro atoms. The molecule has 6 nitrogen and oxygen atoms in total. The van der Waals surface area contributed by atoms with Gasteiger partial charge in [-0.2, -0.15) is 4.31 Å². The Kier molecular flexibility index (Phi) is 5.45. The van der Waals surface area contributed by atoms with Crippen LogP contribution in [-0.4, -0.2) is 42.9 Å². The van der Waals surface area contributed by atoms with E-state index in [2.05, 4.69) is 0 Å². The van der Waals surface area contributed by atoms with Crippen molar-refractivity contribution < 1.29 is 13.3 Å². The van der Waals surface area contributed by atoms with E-state index in [9.17, 15) is 13.2 Å². The van der Waals surface area contributed by atoms with E-state index < -0.39 is 10.0 Å². The van der Waals surface area contributed by atoms with E-state index in [4.69, 9.17) is 0 Å². The summed E-state index contributed by atoms with van der Waals surface area (Å²) in [5.41, 5.74) is 0.897. The van der Waals surface area contributed by atoms with Crippen LogP contribution < -0.4 is 10.5 Å². The van der Waals surface area contributed by atoms with Crippen molar-refractivity contribution in [1.29, 1.82) is 0 Å². The number of sulfonamides is 1. The molecule has 0 saturated carbocycles. The highest BCUT2D eigenvalue weighted by Gasteiger charge is 2.28. The van der Waals surface area contributed by atoms with Gasteiger partial charge in [0.15, 0.2) is 6.67 Å². The Hall–Kier alpha value is -2.26. The predicted molar refractivity (Wildman–Crippen MR) is 113 cm³/mol. The number of nitrogens with one attached hydrogen (secondary N) is 1. The lowest BCUT2D eigenvalue weighted by atomic mass is 10.2. The highest BCUT2D eigenvalue weighted by Crippen LogP contribution is 2.15. The molecule has 1 N–H and O–H groups in total. The van der Waals surface area contributed by atoms with Crippen molar-refractivity contribution in [1.82, 2.24) is 8.26 Å². The maximum absolute atomic E-state index is 12.6. The van der Waals surface area contributed by atoms with Crippen LogP contribution in [-0.2, 0) is 16.7 Å². The lowest BCUT2D eigenvalue weighted by Crippen LogP contribution is -3.14. The van der Waals surface area contributed by atoms with Gasteiger partial charge >= 0.3 is 0 Å². The summed E-state index contributed by atoms with van der Waals surface area (Å²) in [4.78, 5) is 13.7. The zero-order valence-corrected chi connectivity index (χ0v) is 17.0. The van der Waals surface area contributed by atoms with Gasteiger partial charge < -0.3 is 4.90 Å². The monoisotopic (exact) mass is 416 g/mol. The third-order valence-electron chi connectivity index (χ3n) is 4.94. The summed E-state index contributed by atoms with van der Waals surface area (Å²) in [6, 6.07) is 17.0. The second-order valence-electron chi connectivity index (χ2n) is 6.84. The summed E-state index contributed by atoms with van der Waals surface area (Å²) in [5.74, 6) is 0. The van der Waals surface area contributed by atoms with Crippen LogP contribution >= 0.6 is 11.5 Å². The van der Waals surface area contributed by atoms with Crippen LogP contribution in [0.1, 0.15) is 5.56 Å². The summed E-state index contributed by atoms with van der Waals surface area (Å²) in [6.07, 6.45) is 1.63. The van der Waals surface area contributed by atoms with Crippen molar-refractivity contribution in [3.05, 3.63) is 75.9 Å². The Labute approximate surface area is 168 Å². The van der Waals surface area contributed by atoms with E-state index in [1.54, 1.807) is 10.0 Å². The van der Waals surface area contributed by atoms with Gasteiger partial charge in [-0.1, -0.05) is 54.0 Å². The summed E-state index contributed by atoms with van der Waals surface area (Å²) in [6.45, 7) is 2.84. The first-order valence-corrected chi connectivity index (χ1v) is 11.5. The minimum Gasteiger partial charge on any atom is -0.315 e. The molecule has 0 atom stereocenters. The molecule has 0 aliphatic carbocycles. The largest absolute Gasteiger partial charge is 0.315 e. The number of fused-ring (bicyclic) bond motifs is 1. The maximum atomic E-state index is 12.6. The smallest absolute Gasteiger partial charge is 0.273 e. The molecule has 8 heteroatoms. The number of nitrogens with zero attached hydrogens (tertiary/aromatic N) is 2. The fourth-order valence-electron chi connectivity index (χ4n) is 3.35. The molecule has 3 aromatic rings. The predicted octanol–water partition coefficient (Wildman–Crippen LogP) is 1.22. The third kappa shape index (κ3) is 4.10. The minimum absolute atomic E-state index is 0.0361. The Morgan fingerprint density at radius 2 is 1.68 bits per heavy atom. The van der Waals surface area contributed by atoms with Gasteiger partial charge in [-0.05, 0) is 23.8 Å². The molecular formula is C20H22N3O3S2+. The number of quaternary nitrogens is 1. The number of aromatic nitrogens is 1. The molecule has 0 radical (unpaired) electrons. The number of piperazine rings is 1. The molecule has 1 aromatic heterocycles. The summed E-state index contributed by atoms with van der Waals surface area (Å²) in [5, 5.41) is 2.03. The van der Waals surface area contributed by atoms with Crippen molar-refractivity contribution in [3.8, 4) is 0 Å². The van der Waals surface area contributed by atoms with Crippen molar-refractivity contribution >= 4 is 37.7 Å². The van der Waals surface area contributed by atoms with Gasteiger partial charge in [-0.3, -0.25) is 4.79 Å². The van der Waals surface area contributed by atoms with Crippen LogP contribution in [0.4, 0.5) is 0 Å². The van der Waals surface area contributed by atoms with Gasteiger partial charge in [0, 0.05) is 5.41 Å². The quantitative estimate of drug-likeness (QED) is 0.680. The van der Waals surface area contributed by atoms with Crippen molar-refractivity contribution in [2.45, 2.75) is 6.67 Å². The van der Waals surface area contributed by atoms with Crippen molar-refractivity contribution in [2.75, 3.05) is 26.2 Å². The molecule has 0 unspecified atom stereocenters. The Balaban J connectivity index is 1.39. The van der Waals surface area contributed by atoms with Crippen LogP contribution in [0.5, 0.6) is 0 Å². The molecule has 0 bridgehead atoms. The fourth-order valence-corrected chi connectivity index (χ4v) is 5.61. The minimum atomic E-state index is -3.43. The molecule has 1 aliphatic rings. The van der Waals surface area contributed by atoms with Gasteiger partial charge in [0.1, 0.15) is 0 Å². The topological polar surface area (TPSA) is 63.8 Å². The summed E-state index contributed by atoms with van der Waals surface area (Å²) >= 11 is 1.47. The molecule has 0 amide bonds. The zero-order valence-electron chi connectivity index (χ0n) is 15.3. The van der Waals surface area contributed by atoms with Crippen LogP contribution in [0.3, 0.4) is 0 Å². The zero-order chi connectivity index (χ0) is 19.6.